The molecule has 1 saturated heterocycles. The van der Waals surface area contributed by atoms with Crippen LogP contribution in [-0.4, -0.2) is 30.0 Å². The van der Waals surface area contributed by atoms with Crippen molar-refractivity contribution in [3.05, 3.63) is 83.0 Å². The number of nitrogens with zero attached hydrogens (tertiary/aromatic N) is 1. The molecule has 5 nitrogen and oxygen atoms in total. The first kappa shape index (κ1) is 20.4. The monoisotopic (exact) mass is 428 g/mol. The van der Waals surface area contributed by atoms with E-state index >= 15 is 0 Å². The van der Waals surface area contributed by atoms with E-state index in [9.17, 15) is 9.18 Å². The molecule has 0 unspecified atom stereocenters. The summed E-state index contributed by atoms with van der Waals surface area (Å²) in [5, 5.41) is 3.23. The molecule has 0 atom stereocenters. The number of rotatable bonds is 6. The number of carbonyl (C=O) groups is 1. The van der Waals surface area contributed by atoms with Crippen LogP contribution in [0, 0.1) is 5.82 Å². The maximum absolute atomic E-state index is 13.0. The van der Waals surface area contributed by atoms with E-state index < -0.39 is 0 Å². The second-order valence-corrected chi connectivity index (χ2v) is 7.74. The lowest BCUT2D eigenvalue weighted by molar-refractivity contribution is 0.0968. The van der Waals surface area contributed by atoms with Crippen molar-refractivity contribution in [3.8, 4) is 5.75 Å². The van der Waals surface area contributed by atoms with Crippen molar-refractivity contribution in [1.82, 2.24) is 4.90 Å². The van der Waals surface area contributed by atoms with Crippen LogP contribution in [0.2, 0.25) is 5.02 Å². The molecular weight excluding hydrogens is 407 g/mol. The van der Waals surface area contributed by atoms with Gasteiger partial charge in [0.25, 0.3) is 5.91 Å². The van der Waals surface area contributed by atoms with Gasteiger partial charge in [0.15, 0.2) is 0 Å². The summed E-state index contributed by atoms with van der Waals surface area (Å²) < 4.78 is 24.1. The maximum Gasteiger partial charge on any atom is 0.258 e. The maximum atomic E-state index is 13.0. The molecule has 30 heavy (non-hydrogen) atoms. The third-order valence-corrected chi connectivity index (χ3v) is 5.42. The molecule has 0 bridgehead atoms. The number of hydrogen-bond donors (Lipinski definition) is 1. The zero-order valence-electron chi connectivity index (χ0n) is 16.3. The summed E-state index contributed by atoms with van der Waals surface area (Å²) in [7, 11) is 0. The Balaban J connectivity index is 1.28. The highest BCUT2D eigenvalue weighted by atomic mass is 35.5. The summed E-state index contributed by atoms with van der Waals surface area (Å²) in [6.45, 7) is 2.61. The van der Waals surface area contributed by atoms with Crippen molar-refractivity contribution in [2.24, 2.45) is 0 Å². The van der Waals surface area contributed by atoms with Crippen LogP contribution >= 0.6 is 11.6 Å². The van der Waals surface area contributed by atoms with Crippen LogP contribution in [0.4, 0.5) is 10.1 Å². The van der Waals surface area contributed by atoms with Crippen LogP contribution in [-0.2, 0) is 6.54 Å². The van der Waals surface area contributed by atoms with Crippen molar-refractivity contribution in [2.75, 3.05) is 18.4 Å². The summed E-state index contributed by atoms with van der Waals surface area (Å²) in [5.41, 5.74) is 2.14. The van der Waals surface area contributed by atoms with Gasteiger partial charge < -0.3 is 14.5 Å². The number of piperidine rings is 1. The molecule has 0 saturated carbocycles. The quantitative estimate of drug-likeness (QED) is 0.573. The number of ether oxygens (including phenoxy) is 1. The molecule has 0 aliphatic carbocycles. The van der Waals surface area contributed by atoms with Crippen molar-refractivity contribution >= 4 is 23.2 Å². The molecule has 1 amide bonds. The zero-order chi connectivity index (χ0) is 20.9. The second-order valence-electron chi connectivity index (χ2n) is 7.33. The highest BCUT2D eigenvalue weighted by Gasteiger charge is 2.21. The van der Waals surface area contributed by atoms with Gasteiger partial charge in [0.05, 0.1) is 16.8 Å². The van der Waals surface area contributed by atoms with Gasteiger partial charge in [-0.1, -0.05) is 23.7 Å². The lowest BCUT2D eigenvalue weighted by Crippen LogP contribution is -2.37. The Bertz CT molecular complexity index is 984. The highest BCUT2D eigenvalue weighted by Crippen LogP contribution is 2.30. The number of nitrogens with one attached hydrogen (secondary N) is 1. The van der Waals surface area contributed by atoms with Gasteiger partial charge in [0.1, 0.15) is 23.9 Å². The Hall–Kier alpha value is -2.83. The molecular formula is C23H22ClFN2O3. The summed E-state index contributed by atoms with van der Waals surface area (Å²) in [6.07, 6.45) is 4.69. The molecule has 1 aromatic heterocycles. The molecule has 2 aromatic carbocycles. The molecule has 4 rings (SSSR count). The minimum atomic E-state index is -0.262. The number of carbonyl (C=O) groups excluding carboxylic acids is 1. The summed E-state index contributed by atoms with van der Waals surface area (Å²) in [4.78, 5) is 14.4. The van der Waals surface area contributed by atoms with Crippen LogP contribution in [0.15, 0.2) is 65.5 Å². The van der Waals surface area contributed by atoms with E-state index in [2.05, 4.69) is 10.2 Å². The standard InChI is InChI=1S/C23H22ClFN2O3/c24-21-13-19(26-23(28)17-9-12-29-15-17)5-6-22(21)30-20-7-10-27(11-8-20)14-16-1-3-18(25)4-2-16/h1-6,9,12-13,15,20H,7-8,10-11,14H2,(H,26,28). The Morgan fingerprint density at radius 1 is 1.17 bits per heavy atom. The molecule has 3 aromatic rings. The average Bonchev–Trinajstić information content (AvgIpc) is 3.28. The number of hydrogen-bond acceptors (Lipinski definition) is 4. The second kappa shape index (κ2) is 9.32. The Labute approximate surface area is 179 Å². The van der Waals surface area contributed by atoms with Gasteiger partial charge in [-0.3, -0.25) is 9.69 Å². The molecule has 1 aliphatic rings. The predicted molar refractivity (Wildman–Crippen MR) is 113 cm³/mol. The molecule has 156 valence electrons. The van der Waals surface area contributed by atoms with E-state index in [1.54, 1.807) is 24.3 Å². The Kier molecular flexibility index (Phi) is 6.35. The fraction of sp³-hybridized carbons (Fsp3) is 0.261. The molecule has 1 aliphatic heterocycles. The van der Waals surface area contributed by atoms with Crippen molar-refractivity contribution < 1.29 is 18.3 Å². The first-order valence-corrected chi connectivity index (χ1v) is 10.2. The lowest BCUT2D eigenvalue weighted by Gasteiger charge is -2.32. The van der Waals surface area contributed by atoms with Crippen LogP contribution in [0.3, 0.4) is 0 Å². The van der Waals surface area contributed by atoms with Crippen LogP contribution in [0.25, 0.3) is 0 Å². The van der Waals surface area contributed by atoms with Crippen molar-refractivity contribution in [3.63, 3.8) is 0 Å². The summed E-state index contributed by atoms with van der Waals surface area (Å²) in [6, 6.07) is 13.5. The van der Waals surface area contributed by atoms with Gasteiger partial charge in [-0.15, -0.1) is 0 Å². The van der Waals surface area contributed by atoms with E-state index in [0.29, 0.717) is 22.0 Å². The zero-order valence-corrected chi connectivity index (χ0v) is 17.1. The highest BCUT2D eigenvalue weighted by molar-refractivity contribution is 6.32. The smallest absolute Gasteiger partial charge is 0.258 e. The number of likely N-dealkylation sites (tertiary alicyclic amines) is 1. The minimum Gasteiger partial charge on any atom is -0.489 e. The van der Waals surface area contributed by atoms with Gasteiger partial charge in [-0.25, -0.2) is 4.39 Å². The van der Waals surface area contributed by atoms with E-state index in [0.717, 1.165) is 38.0 Å². The van der Waals surface area contributed by atoms with Gasteiger partial charge in [-0.05, 0) is 54.8 Å². The topological polar surface area (TPSA) is 54.7 Å². The summed E-state index contributed by atoms with van der Waals surface area (Å²) >= 11 is 6.37. The van der Waals surface area contributed by atoms with E-state index in [1.165, 1.54) is 24.7 Å². The normalized spacial score (nSPS) is 15.1. The number of benzene rings is 2. The average molecular weight is 429 g/mol. The lowest BCUT2D eigenvalue weighted by atomic mass is 10.1. The van der Waals surface area contributed by atoms with E-state index in [4.69, 9.17) is 20.8 Å². The number of amides is 1. The van der Waals surface area contributed by atoms with Crippen molar-refractivity contribution in [1.29, 1.82) is 0 Å². The molecule has 0 radical (unpaired) electrons. The largest absolute Gasteiger partial charge is 0.489 e. The number of anilines is 1. The molecule has 2 heterocycles. The van der Waals surface area contributed by atoms with Crippen LogP contribution < -0.4 is 10.1 Å². The van der Waals surface area contributed by atoms with Crippen LogP contribution in [0.1, 0.15) is 28.8 Å². The molecule has 0 spiro atoms. The fourth-order valence-corrected chi connectivity index (χ4v) is 3.71. The minimum absolute atomic E-state index is 0.0818. The predicted octanol–water partition coefficient (Wildman–Crippen LogP) is 5.37. The summed E-state index contributed by atoms with van der Waals surface area (Å²) in [5.74, 6) is 0.131. The first-order valence-electron chi connectivity index (χ1n) is 9.83. The molecule has 1 fully saturated rings. The molecule has 1 N–H and O–H groups in total. The van der Waals surface area contributed by atoms with Gasteiger partial charge >= 0.3 is 0 Å². The number of furan rings is 1. The first-order chi connectivity index (χ1) is 14.6. The Morgan fingerprint density at radius 3 is 2.60 bits per heavy atom. The molecule has 7 heteroatoms. The SMILES string of the molecule is O=C(Nc1ccc(OC2CCN(Cc3ccc(F)cc3)CC2)c(Cl)c1)c1ccoc1. The Morgan fingerprint density at radius 2 is 1.93 bits per heavy atom. The van der Waals surface area contributed by atoms with E-state index in [1.807, 2.05) is 12.1 Å². The number of halogens is 2. The fourth-order valence-electron chi connectivity index (χ4n) is 3.48. The van der Waals surface area contributed by atoms with Crippen molar-refractivity contribution in [2.45, 2.75) is 25.5 Å². The van der Waals surface area contributed by atoms with Crippen LogP contribution in [0.5, 0.6) is 5.75 Å². The van der Waals surface area contributed by atoms with E-state index in [-0.39, 0.29) is 17.8 Å². The van der Waals surface area contributed by atoms with Gasteiger partial charge in [0.2, 0.25) is 0 Å². The third-order valence-electron chi connectivity index (χ3n) is 5.12. The van der Waals surface area contributed by atoms with Gasteiger partial charge in [-0.2, -0.15) is 0 Å². The van der Waals surface area contributed by atoms with Gasteiger partial charge in [0, 0.05) is 25.3 Å². The third kappa shape index (κ3) is 5.20.